The molecule has 0 aromatic carbocycles. The molecule has 18 heavy (non-hydrogen) atoms. The Hall–Kier alpha value is -1.55. The van der Waals surface area contributed by atoms with Gasteiger partial charge in [-0.05, 0) is 44.0 Å². The van der Waals surface area contributed by atoms with Gasteiger partial charge in [0.25, 0.3) is 0 Å². The van der Waals surface area contributed by atoms with Crippen molar-refractivity contribution in [3.8, 4) is 0 Å². The highest BCUT2D eigenvalue weighted by Crippen LogP contribution is 2.22. The Labute approximate surface area is 108 Å². The maximum absolute atomic E-state index is 5.59. The van der Waals surface area contributed by atoms with Crippen molar-refractivity contribution in [2.45, 2.75) is 39.8 Å². The molecular formula is C14H21N3O. The molecule has 4 nitrogen and oxygen atoms in total. The maximum Gasteiger partial charge on any atom is 0.123 e. The van der Waals surface area contributed by atoms with E-state index < -0.39 is 0 Å². The molecule has 1 N–H and O–H groups in total. The summed E-state index contributed by atoms with van der Waals surface area (Å²) in [4.78, 5) is 0. The van der Waals surface area contributed by atoms with Gasteiger partial charge in [0.15, 0.2) is 0 Å². The minimum absolute atomic E-state index is 0.222. The van der Waals surface area contributed by atoms with Crippen molar-refractivity contribution in [2.24, 2.45) is 0 Å². The van der Waals surface area contributed by atoms with Gasteiger partial charge >= 0.3 is 0 Å². The Balaban J connectivity index is 2.13. The molecule has 0 amide bonds. The first-order chi connectivity index (χ1) is 8.74. The summed E-state index contributed by atoms with van der Waals surface area (Å²) in [7, 11) is 0. The molecule has 0 aliphatic heterocycles. The van der Waals surface area contributed by atoms with Gasteiger partial charge in [0.1, 0.15) is 5.76 Å². The summed E-state index contributed by atoms with van der Waals surface area (Å²) in [6.07, 6.45) is 6.70. The highest BCUT2D eigenvalue weighted by Gasteiger charge is 2.17. The summed E-state index contributed by atoms with van der Waals surface area (Å²) >= 11 is 0. The number of aromatic nitrogens is 2. The molecule has 2 aromatic rings. The van der Waals surface area contributed by atoms with Gasteiger partial charge < -0.3 is 9.73 Å². The molecule has 2 aromatic heterocycles. The quantitative estimate of drug-likeness (QED) is 0.853. The third kappa shape index (κ3) is 2.82. The summed E-state index contributed by atoms with van der Waals surface area (Å²) in [5.74, 6) is 1.03. The molecule has 0 aliphatic carbocycles. The monoisotopic (exact) mass is 247 g/mol. The third-order valence-corrected chi connectivity index (χ3v) is 3.12. The van der Waals surface area contributed by atoms with E-state index in [4.69, 9.17) is 4.42 Å². The first-order valence-electron chi connectivity index (χ1n) is 6.53. The second-order valence-corrected chi connectivity index (χ2v) is 4.49. The van der Waals surface area contributed by atoms with Gasteiger partial charge in [0.2, 0.25) is 0 Å². The fourth-order valence-electron chi connectivity index (χ4n) is 2.17. The largest absolute Gasteiger partial charge is 0.467 e. The topological polar surface area (TPSA) is 43.0 Å². The number of hydrogen-bond donors (Lipinski definition) is 1. The van der Waals surface area contributed by atoms with E-state index in [1.165, 1.54) is 11.1 Å². The summed E-state index contributed by atoms with van der Waals surface area (Å²) in [6, 6.07) is 2.23. The zero-order valence-corrected chi connectivity index (χ0v) is 11.3. The lowest BCUT2D eigenvalue weighted by molar-refractivity contribution is 0.413. The van der Waals surface area contributed by atoms with Crippen LogP contribution < -0.4 is 5.32 Å². The average molecular weight is 247 g/mol. The highest BCUT2D eigenvalue weighted by molar-refractivity contribution is 5.21. The van der Waals surface area contributed by atoms with Gasteiger partial charge in [-0.15, -0.1) is 0 Å². The van der Waals surface area contributed by atoms with Crippen molar-refractivity contribution < 1.29 is 4.42 Å². The van der Waals surface area contributed by atoms with E-state index in [1.54, 1.807) is 6.26 Å². The molecule has 0 saturated heterocycles. The third-order valence-electron chi connectivity index (χ3n) is 3.12. The summed E-state index contributed by atoms with van der Waals surface area (Å²) in [5, 5.41) is 7.78. The molecule has 0 fully saturated rings. The minimum Gasteiger partial charge on any atom is -0.467 e. The molecular weight excluding hydrogens is 226 g/mol. The molecule has 2 rings (SSSR count). The van der Waals surface area contributed by atoms with Crippen LogP contribution in [0.2, 0.25) is 0 Å². The lowest BCUT2D eigenvalue weighted by atomic mass is 10.0. The molecule has 0 spiro atoms. The number of rotatable bonds is 6. The van der Waals surface area contributed by atoms with Gasteiger partial charge in [-0.3, -0.25) is 4.68 Å². The first kappa shape index (κ1) is 12.9. The van der Waals surface area contributed by atoms with Gasteiger partial charge in [-0.2, -0.15) is 5.10 Å². The van der Waals surface area contributed by atoms with Crippen LogP contribution in [0.5, 0.6) is 0 Å². The Bertz CT molecular complexity index is 487. The fraction of sp³-hybridized carbons (Fsp3) is 0.500. The molecule has 0 bridgehead atoms. The van der Waals surface area contributed by atoms with E-state index in [-0.39, 0.29) is 6.04 Å². The predicted octanol–water partition coefficient (Wildman–Crippen LogP) is 2.70. The average Bonchev–Trinajstić information content (AvgIpc) is 2.97. The predicted molar refractivity (Wildman–Crippen MR) is 71.5 cm³/mol. The SMILES string of the molecule is CCNC(Cc1cnn(CC)c1)c1occc1C. The summed E-state index contributed by atoms with van der Waals surface area (Å²) < 4.78 is 7.55. The van der Waals surface area contributed by atoms with Crippen LogP contribution in [0.15, 0.2) is 29.1 Å². The molecule has 0 aliphatic rings. The van der Waals surface area contributed by atoms with Gasteiger partial charge in [-0.25, -0.2) is 0 Å². The Morgan fingerprint density at radius 3 is 2.83 bits per heavy atom. The Morgan fingerprint density at radius 2 is 2.28 bits per heavy atom. The van der Waals surface area contributed by atoms with Crippen molar-refractivity contribution in [1.82, 2.24) is 15.1 Å². The molecule has 1 atom stereocenters. The molecule has 1 unspecified atom stereocenters. The zero-order chi connectivity index (χ0) is 13.0. The van der Waals surface area contributed by atoms with Crippen LogP contribution in [0.3, 0.4) is 0 Å². The summed E-state index contributed by atoms with van der Waals surface area (Å²) in [6.45, 7) is 8.12. The zero-order valence-electron chi connectivity index (χ0n) is 11.3. The van der Waals surface area contributed by atoms with Crippen LogP contribution in [0.25, 0.3) is 0 Å². The number of aryl methyl sites for hydroxylation is 2. The fourth-order valence-corrected chi connectivity index (χ4v) is 2.17. The van der Waals surface area contributed by atoms with E-state index in [0.29, 0.717) is 0 Å². The molecule has 4 heteroatoms. The lowest BCUT2D eigenvalue weighted by Gasteiger charge is -2.15. The van der Waals surface area contributed by atoms with Crippen LogP contribution in [0.4, 0.5) is 0 Å². The van der Waals surface area contributed by atoms with Crippen molar-refractivity contribution in [3.05, 3.63) is 41.6 Å². The number of likely N-dealkylation sites (N-methyl/N-ethyl adjacent to an activating group) is 1. The molecule has 0 saturated carbocycles. The van der Waals surface area contributed by atoms with Crippen molar-refractivity contribution in [2.75, 3.05) is 6.54 Å². The maximum atomic E-state index is 5.59. The van der Waals surface area contributed by atoms with Crippen LogP contribution >= 0.6 is 0 Å². The summed E-state index contributed by atoms with van der Waals surface area (Å²) in [5.41, 5.74) is 2.43. The lowest BCUT2D eigenvalue weighted by Crippen LogP contribution is -2.23. The van der Waals surface area contributed by atoms with Crippen molar-refractivity contribution in [1.29, 1.82) is 0 Å². The van der Waals surface area contributed by atoms with E-state index >= 15 is 0 Å². The van der Waals surface area contributed by atoms with E-state index in [0.717, 1.165) is 25.3 Å². The van der Waals surface area contributed by atoms with Gasteiger partial charge in [-0.1, -0.05) is 6.92 Å². The van der Waals surface area contributed by atoms with Crippen molar-refractivity contribution in [3.63, 3.8) is 0 Å². The molecule has 2 heterocycles. The van der Waals surface area contributed by atoms with E-state index in [9.17, 15) is 0 Å². The second-order valence-electron chi connectivity index (χ2n) is 4.49. The second kappa shape index (κ2) is 5.87. The van der Waals surface area contributed by atoms with Crippen LogP contribution in [-0.4, -0.2) is 16.3 Å². The van der Waals surface area contributed by atoms with Crippen LogP contribution in [0, 0.1) is 6.92 Å². The Morgan fingerprint density at radius 1 is 1.44 bits per heavy atom. The van der Waals surface area contributed by atoms with Crippen molar-refractivity contribution >= 4 is 0 Å². The highest BCUT2D eigenvalue weighted by atomic mass is 16.3. The number of nitrogens with one attached hydrogen (secondary N) is 1. The molecule has 0 radical (unpaired) electrons. The minimum atomic E-state index is 0.222. The number of nitrogens with zero attached hydrogens (tertiary/aromatic N) is 2. The smallest absolute Gasteiger partial charge is 0.123 e. The Kier molecular flexibility index (Phi) is 4.20. The van der Waals surface area contributed by atoms with E-state index in [2.05, 4.69) is 37.4 Å². The van der Waals surface area contributed by atoms with Gasteiger partial charge in [0, 0.05) is 12.7 Å². The first-order valence-corrected chi connectivity index (χ1v) is 6.53. The normalized spacial score (nSPS) is 12.8. The number of furan rings is 1. The molecule has 98 valence electrons. The number of hydrogen-bond acceptors (Lipinski definition) is 3. The standard InChI is InChI=1S/C14H21N3O/c1-4-15-13(14-11(3)6-7-18-14)8-12-9-16-17(5-2)10-12/h6-7,9-10,13,15H,4-5,8H2,1-3H3. The van der Waals surface area contributed by atoms with Crippen LogP contribution in [-0.2, 0) is 13.0 Å². The van der Waals surface area contributed by atoms with Gasteiger partial charge in [0.05, 0.1) is 18.5 Å². The van der Waals surface area contributed by atoms with E-state index in [1.807, 2.05) is 16.9 Å². The van der Waals surface area contributed by atoms with Crippen LogP contribution in [0.1, 0.15) is 36.8 Å².